The summed E-state index contributed by atoms with van der Waals surface area (Å²) in [7, 11) is 0. The summed E-state index contributed by atoms with van der Waals surface area (Å²) < 4.78 is 7.31. The Morgan fingerprint density at radius 1 is 1.16 bits per heavy atom. The van der Waals surface area contributed by atoms with E-state index in [1.165, 1.54) is 11.3 Å². The molecule has 0 aliphatic carbocycles. The van der Waals surface area contributed by atoms with Gasteiger partial charge in [0.15, 0.2) is 0 Å². The molecule has 1 aliphatic heterocycles. The summed E-state index contributed by atoms with van der Waals surface area (Å²) in [6, 6.07) is 8.03. The molecule has 0 saturated carbocycles. The van der Waals surface area contributed by atoms with Gasteiger partial charge >= 0.3 is 0 Å². The number of benzene rings is 1. The van der Waals surface area contributed by atoms with Crippen molar-refractivity contribution in [2.75, 3.05) is 37.7 Å². The van der Waals surface area contributed by atoms with E-state index in [0.29, 0.717) is 38.0 Å². The normalized spacial score (nSPS) is 14.3. The van der Waals surface area contributed by atoms with Gasteiger partial charge in [0.25, 0.3) is 5.56 Å². The highest BCUT2D eigenvalue weighted by molar-refractivity contribution is 7.18. The molecule has 1 amide bonds. The van der Waals surface area contributed by atoms with Crippen LogP contribution in [0.4, 0.5) is 5.69 Å². The number of ether oxygens (including phenoxy) is 1. The number of anilines is 1. The highest BCUT2D eigenvalue weighted by Crippen LogP contribution is 2.29. The first-order valence-electron chi connectivity index (χ1n) is 10.7. The predicted molar refractivity (Wildman–Crippen MR) is 124 cm³/mol. The summed E-state index contributed by atoms with van der Waals surface area (Å²) in [5.41, 5.74) is 2.00. The molecule has 1 saturated heterocycles. The molecule has 31 heavy (non-hydrogen) atoms. The molecule has 7 nitrogen and oxygen atoms in total. The maximum atomic E-state index is 12.8. The van der Waals surface area contributed by atoms with Gasteiger partial charge in [-0.1, -0.05) is 12.1 Å². The molecule has 3 aromatic rings. The van der Waals surface area contributed by atoms with Gasteiger partial charge in [-0.25, -0.2) is 4.98 Å². The number of fused-ring (bicyclic) bond motifs is 1. The number of nitrogens with zero attached hydrogens (tertiary/aromatic N) is 4. The van der Waals surface area contributed by atoms with Crippen molar-refractivity contribution in [1.29, 1.82) is 0 Å². The highest BCUT2D eigenvalue weighted by Gasteiger charge is 2.23. The van der Waals surface area contributed by atoms with Gasteiger partial charge in [-0.3, -0.25) is 14.2 Å². The minimum absolute atomic E-state index is 0.0583. The van der Waals surface area contributed by atoms with E-state index < -0.39 is 0 Å². The van der Waals surface area contributed by atoms with Crippen molar-refractivity contribution in [3.8, 4) is 5.75 Å². The van der Waals surface area contributed by atoms with Gasteiger partial charge in [0.1, 0.15) is 10.6 Å². The Morgan fingerprint density at radius 2 is 1.90 bits per heavy atom. The van der Waals surface area contributed by atoms with E-state index >= 15 is 0 Å². The highest BCUT2D eigenvalue weighted by atomic mass is 32.1. The first kappa shape index (κ1) is 21.4. The molecule has 0 bridgehead atoms. The Morgan fingerprint density at radius 3 is 2.65 bits per heavy atom. The molecule has 8 heteroatoms. The van der Waals surface area contributed by atoms with Crippen LogP contribution in [0.3, 0.4) is 0 Å². The summed E-state index contributed by atoms with van der Waals surface area (Å²) in [4.78, 5) is 36.0. The molecule has 0 atom stereocenters. The van der Waals surface area contributed by atoms with E-state index in [1.54, 1.807) is 10.9 Å². The SMILES string of the molecule is CCOc1ccccc1N1CCN(C(=O)CCn2cnc3sc(C)c(C)c3c2=O)CC1. The van der Waals surface area contributed by atoms with Crippen LogP contribution >= 0.6 is 11.3 Å². The number of amides is 1. The Labute approximate surface area is 185 Å². The number of para-hydroxylation sites is 2. The molecule has 2 aromatic heterocycles. The van der Waals surface area contributed by atoms with Crippen LogP contribution in [0.5, 0.6) is 5.75 Å². The standard InChI is InChI=1S/C23H28N4O3S/c1-4-30-19-8-6-5-7-18(19)25-11-13-26(14-12-25)20(28)9-10-27-15-24-22-21(23(27)29)16(2)17(3)31-22/h5-8,15H,4,9-14H2,1-3H3. The molecule has 1 aliphatic rings. The largest absolute Gasteiger partial charge is 0.492 e. The first-order valence-corrected chi connectivity index (χ1v) is 11.5. The van der Waals surface area contributed by atoms with Crippen molar-refractivity contribution >= 4 is 33.1 Å². The van der Waals surface area contributed by atoms with Crippen molar-refractivity contribution in [2.24, 2.45) is 0 Å². The number of thiophene rings is 1. The van der Waals surface area contributed by atoms with Gasteiger partial charge < -0.3 is 14.5 Å². The van der Waals surface area contributed by atoms with E-state index in [-0.39, 0.29) is 11.5 Å². The monoisotopic (exact) mass is 440 g/mol. The molecule has 164 valence electrons. The first-order chi connectivity index (χ1) is 15.0. The molecule has 1 aromatic carbocycles. The van der Waals surface area contributed by atoms with Crippen molar-refractivity contribution in [2.45, 2.75) is 33.7 Å². The second-order valence-corrected chi connectivity index (χ2v) is 8.93. The summed E-state index contributed by atoms with van der Waals surface area (Å²) in [6.45, 7) is 9.75. The minimum atomic E-state index is -0.0583. The number of hydrogen-bond donors (Lipinski definition) is 0. The van der Waals surface area contributed by atoms with Crippen molar-refractivity contribution < 1.29 is 9.53 Å². The summed E-state index contributed by atoms with van der Waals surface area (Å²) in [5, 5.41) is 0.680. The second-order valence-electron chi connectivity index (χ2n) is 7.73. The van der Waals surface area contributed by atoms with E-state index in [4.69, 9.17) is 4.74 Å². The van der Waals surface area contributed by atoms with Crippen molar-refractivity contribution in [3.63, 3.8) is 0 Å². The van der Waals surface area contributed by atoms with Crippen molar-refractivity contribution in [3.05, 3.63) is 51.4 Å². The number of aryl methyl sites for hydroxylation is 3. The Bertz CT molecular complexity index is 1150. The van der Waals surface area contributed by atoms with E-state index in [0.717, 1.165) is 39.8 Å². The number of carbonyl (C=O) groups is 1. The topological polar surface area (TPSA) is 67.7 Å². The zero-order chi connectivity index (χ0) is 22.0. The van der Waals surface area contributed by atoms with E-state index in [2.05, 4.69) is 16.0 Å². The Kier molecular flexibility index (Phi) is 6.27. The van der Waals surface area contributed by atoms with E-state index in [1.807, 2.05) is 43.9 Å². The summed E-state index contributed by atoms with van der Waals surface area (Å²) in [6.07, 6.45) is 1.86. The minimum Gasteiger partial charge on any atom is -0.492 e. The smallest absolute Gasteiger partial charge is 0.262 e. The van der Waals surface area contributed by atoms with Gasteiger partial charge in [-0.05, 0) is 38.5 Å². The maximum Gasteiger partial charge on any atom is 0.262 e. The van der Waals surface area contributed by atoms with E-state index in [9.17, 15) is 9.59 Å². The lowest BCUT2D eigenvalue weighted by atomic mass is 10.2. The zero-order valence-electron chi connectivity index (χ0n) is 18.3. The lowest BCUT2D eigenvalue weighted by Gasteiger charge is -2.36. The van der Waals surface area contributed by atoms with Gasteiger partial charge in [-0.15, -0.1) is 11.3 Å². The molecule has 3 heterocycles. The molecular weight excluding hydrogens is 412 g/mol. The lowest BCUT2D eigenvalue weighted by molar-refractivity contribution is -0.131. The van der Waals surface area contributed by atoms with Gasteiger partial charge in [0.2, 0.25) is 5.91 Å². The second kappa shape index (κ2) is 9.09. The third-order valence-electron chi connectivity index (χ3n) is 5.86. The van der Waals surface area contributed by atoms with Crippen LogP contribution in [0.15, 0.2) is 35.4 Å². The third kappa shape index (κ3) is 4.30. The molecule has 0 unspecified atom stereocenters. The predicted octanol–water partition coefficient (Wildman–Crippen LogP) is 3.21. The zero-order valence-corrected chi connectivity index (χ0v) is 19.1. The molecule has 4 rings (SSSR count). The fraction of sp³-hybridized carbons (Fsp3) is 0.435. The maximum absolute atomic E-state index is 12.8. The number of piperazine rings is 1. The number of aromatic nitrogens is 2. The molecule has 1 fully saturated rings. The van der Waals surface area contributed by atoms with Crippen molar-refractivity contribution in [1.82, 2.24) is 14.5 Å². The average Bonchev–Trinajstić information content (AvgIpc) is 3.08. The van der Waals surface area contributed by atoms with Crippen LogP contribution < -0.4 is 15.2 Å². The fourth-order valence-corrected chi connectivity index (χ4v) is 4.98. The summed E-state index contributed by atoms with van der Waals surface area (Å²) >= 11 is 1.54. The summed E-state index contributed by atoms with van der Waals surface area (Å²) in [5.74, 6) is 0.953. The number of carbonyl (C=O) groups excluding carboxylic acids is 1. The van der Waals surface area contributed by atoms with Crippen LogP contribution in [-0.2, 0) is 11.3 Å². The molecule has 0 N–H and O–H groups in total. The van der Waals surface area contributed by atoms with Crippen LogP contribution in [0.2, 0.25) is 0 Å². The molecular formula is C23H28N4O3S. The number of hydrogen-bond acceptors (Lipinski definition) is 6. The van der Waals surface area contributed by atoms with Crippen LogP contribution in [-0.4, -0.2) is 53.1 Å². The molecule has 0 spiro atoms. The van der Waals surface area contributed by atoms with Gasteiger partial charge in [0, 0.05) is 44.0 Å². The lowest BCUT2D eigenvalue weighted by Crippen LogP contribution is -2.49. The number of rotatable bonds is 6. The van der Waals surface area contributed by atoms with Gasteiger partial charge in [0.05, 0.1) is 24.0 Å². The average molecular weight is 441 g/mol. The van der Waals surface area contributed by atoms with Gasteiger partial charge in [-0.2, -0.15) is 0 Å². The van der Waals surface area contributed by atoms with Crippen LogP contribution in [0, 0.1) is 13.8 Å². The van der Waals surface area contributed by atoms with Crippen LogP contribution in [0.25, 0.3) is 10.2 Å². The Balaban J connectivity index is 1.37. The van der Waals surface area contributed by atoms with Crippen LogP contribution in [0.1, 0.15) is 23.8 Å². The Hall–Kier alpha value is -2.87. The third-order valence-corrected chi connectivity index (χ3v) is 6.98. The fourth-order valence-electron chi connectivity index (χ4n) is 4.00. The quantitative estimate of drug-likeness (QED) is 0.589. The molecule has 0 radical (unpaired) electrons.